The third kappa shape index (κ3) is 2.00. The molecule has 5 atom stereocenters. The summed E-state index contributed by atoms with van der Waals surface area (Å²) in [6.07, 6.45) is -3.47. The highest BCUT2D eigenvalue weighted by Crippen LogP contribution is 2.23. The van der Waals surface area contributed by atoms with Gasteiger partial charge in [-0.15, -0.1) is 0 Å². The lowest BCUT2D eigenvalue weighted by Crippen LogP contribution is -2.57. The van der Waals surface area contributed by atoms with Crippen molar-refractivity contribution in [1.82, 2.24) is 0 Å². The van der Waals surface area contributed by atoms with E-state index in [1.165, 1.54) is 14.2 Å². The van der Waals surface area contributed by atoms with Crippen molar-refractivity contribution in [3.8, 4) is 0 Å². The molecular weight excluding hydrogens is 176 g/mol. The quantitative estimate of drug-likeness (QED) is 0.594. The number of aliphatic hydroxyl groups is 2. The van der Waals surface area contributed by atoms with E-state index >= 15 is 0 Å². The molecule has 0 amide bonds. The minimum atomic E-state index is -1.20. The smallest absolute Gasteiger partial charge is 0.183 e. The van der Waals surface area contributed by atoms with Crippen LogP contribution in [0.25, 0.3) is 0 Å². The lowest BCUT2D eigenvalue weighted by Gasteiger charge is -2.40. The number of hydrogen-bond donors (Lipinski definition) is 2. The van der Waals surface area contributed by atoms with Crippen LogP contribution in [0.15, 0.2) is 0 Å². The number of ether oxygens (including phenoxy) is 3. The summed E-state index contributed by atoms with van der Waals surface area (Å²) >= 11 is 0. The first kappa shape index (κ1) is 10.9. The van der Waals surface area contributed by atoms with E-state index in [1.807, 2.05) is 0 Å². The zero-order valence-electron chi connectivity index (χ0n) is 8.01. The fraction of sp³-hybridized carbons (Fsp3) is 1.00. The van der Waals surface area contributed by atoms with Crippen LogP contribution in [0.1, 0.15) is 6.92 Å². The first-order chi connectivity index (χ1) is 6.11. The molecule has 5 nitrogen and oxygen atoms in total. The summed E-state index contributed by atoms with van der Waals surface area (Å²) in [6.45, 7) is 1.76. The van der Waals surface area contributed by atoms with Crippen molar-refractivity contribution in [1.29, 1.82) is 0 Å². The molecule has 13 heavy (non-hydrogen) atoms. The summed E-state index contributed by atoms with van der Waals surface area (Å²) in [6, 6.07) is 0. The Kier molecular flexibility index (Phi) is 3.63. The van der Waals surface area contributed by atoms with Crippen LogP contribution >= 0.6 is 0 Å². The van der Waals surface area contributed by atoms with Gasteiger partial charge in [0, 0.05) is 14.2 Å². The second kappa shape index (κ2) is 4.34. The lowest BCUT2D eigenvalue weighted by atomic mass is 10.00. The Hall–Kier alpha value is -0.200. The topological polar surface area (TPSA) is 68.2 Å². The van der Waals surface area contributed by atoms with E-state index in [9.17, 15) is 10.2 Å². The molecule has 78 valence electrons. The summed E-state index contributed by atoms with van der Waals surface area (Å²) in [4.78, 5) is 0. The predicted octanol–water partition coefficient (Wildman–Crippen LogP) is -0.886. The lowest BCUT2D eigenvalue weighted by molar-refractivity contribution is -0.286. The standard InChI is InChI=1S/C8H16O5/c1-4-6(11-2)7(12-3)5(9)8(10)13-4/h4-10H,1-3H3/t4-,5-,6+,7-,8-/m0/s1. The fourth-order valence-electron chi connectivity index (χ4n) is 1.60. The molecule has 0 bridgehead atoms. The van der Waals surface area contributed by atoms with Gasteiger partial charge >= 0.3 is 0 Å². The molecule has 1 aliphatic heterocycles. The van der Waals surface area contributed by atoms with Crippen molar-refractivity contribution >= 4 is 0 Å². The van der Waals surface area contributed by atoms with Gasteiger partial charge in [0.25, 0.3) is 0 Å². The van der Waals surface area contributed by atoms with Gasteiger partial charge in [0.1, 0.15) is 18.3 Å². The minimum Gasteiger partial charge on any atom is -0.385 e. The van der Waals surface area contributed by atoms with Gasteiger partial charge in [-0.3, -0.25) is 0 Å². The zero-order chi connectivity index (χ0) is 10.0. The van der Waals surface area contributed by atoms with Crippen molar-refractivity contribution < 1.29 is 24.4 Å². The molecule has 0 aliphatic carbocycles. The SMILES string of the molecule is CO[C@H]1[C@H](O)[C@@H](O)O[C@@H](C)[C@H]1OC. The molecule has 1 heterocycles. The maximum atomic E-state index is 9.48. The van der Waals surface area contributed by atoms with Crippen LogP contribution in [0, 0.1) is 0 Å². The van der Waals surface area contributed by atoms with Crippen LogP contribution in [0.2, 0.25) is 0 Å². The van der Waals surface area contributed by atoms with Crippen molar-refractivity contribution in [3.05, 3.63) is 0 Å². The van der Waals surface area contributed by atoms with Gasteiger partial charge in [0.05, 0.1) is 6.10 Å². The molecule has 0 saturated carbocycles. The van der Waals surface area contributed by atoms with E-state index in [2.05, 4.69) is 0 Å². The molecule has 0 unspecified atom stereocenters. The van der Waals surface area contributed by atoms with Crippen molar-refractivity contribution in [2.75, 3.05) is 14.2 Å². The molecular formula is C8H16O5. The molecule has 0 aromatic rings. The second-order valence-corrected chi connectivity index (χ2v) is 3.12. The number of methoxy groups -OCH3 is 2. The first-order valence-electron chi connectivity index (χ1n) is 4.19. The normalized spacial score (nSPS) is 46.4. The predicted molar refractivity (Wildman–Crippen MR) is 44.2 cm³/mol. The number of aliphatic hydroxyl groups excluding tert-OH is 2. The Morgan fingerprint density at radius 2 is 1.62 bits per heavy atom. The van der Waals surface area contributed by atoms with Crippen molar-refractivity contribution in [3.63, 3.8) is 0 Å². The molecule has 2 N–H and O–H groups in total. The summed E-state index contributed by atoms with van der Waals surface area (Å²) in [5.74, 6) is 0. The Morgan fingerprint density at radius 3 is 2.08 bits per heavy atom. The van der Waals surface area contributed by atoms with Crippen LogP contribution < -0.4 is 0 Å². The Bertz CT molecular complexity index is 163. The highest BCUT2D eigenvalue weighted by Gasteiger charge is 2.43. The van der Waals surface area contributed by atoms with Crippen LogP contribution in [0.4, 0.5) is 0 Å². The second-order valence-electron chi connectivity index (χ2n) is 3.12. The molecule has 1 fully saturated rings. The highest BCUT2D eigenvalue weighted by atomic mass is 16.7. The van der Waals surface area contributed by atoms with E-state index in [0.29, 0.717) is 0 Å². The Labute approximate surface area is 77.2 Å². The van der Waals surface area contributed by atoms with Crippen LogP contribution in [0.5, 0.6) is 0 Å². The highest BCUT2D eigenvalue weighted by molar-refractivity contribution is 4.88. The maximum absolute atomic E-state index is 9.48. The molecule has 1 aliphatic rings. The monoisotopic (exact) mass is 192 g/mol. The summed E-state index contributed by atoms with van der Waals surface area (Å²) in [5.41, 5.74) is 0. The van der Waals surface area contributed by atoms with Crippen LogP contribution in [-0.4, -0.2) is 55.1 Å². The van der Waals surface area contributed by atoms with Gasteiger partial charge in [-0.25, -0.2) is 0 Å². The van der Waals surface area contributed by atoms with Gasteiger partial charge in [-0.05, 0) is 6.92 Å². The third-order valence-corrected chi connectivity index (χ3v) is 2.31. The van der Waals surface area contributed by atoms with Gasteiger partial charge in [0.15, 0.2) is 6.29 Å². The van der Waals surface area contributed by atoms with E-state index in [1.54, 1.807) is 6.92 Å². The molecule has 1 rings (SSSR count). The maximum Gasteiger partial charge on any atom is 0.183 e. The average Bonchev–Trinajstić information content (AvgIpc) is 2.10. The molecule has 1 saturated heterocycles. The van der Waals surface area contributed by atoms with Gasteiger partial charge in [0.2, 0.25) is 0 Å². The summed E-state index contributed by atoms with van der Waals surface area (Å²) in [5, 5.41) is 18.7. The van der Waals surface area contributed by atoms with E-state index in [-0.39, 0.29) is 12.2 Å². The number of hydrogen-bond acceptors (Lipinski definition) is 5. The van der Waals surface area contributed by atoms with Gasteiger partial charge in [-0.2, -0.15) is 0 Å². The summed E-state index contributed by atoms with van der Waals surface area (Å²) in [7, 11) is 2.98. The van der Waals surface area contributed by atoms with Crippen molar-refractivity contribution in [2.24, 2.45) is 0 Å². The van der Waals surface area contributed by atoms with Crippen LogP contribution in [0.3, 0.4) is 0 Å². The average molecular weight is 192 g/mol. The third-order valence-electron chi connectivity index (χ3n) is 2.31. The minimum absolute atomic E-state index is 0.298. The molecule has 0 aromatic heterocycles. The van der Waals surface area contributed by atoms with Crippen molar-refractivity contribution in [2.45, 2.75) is 37.6 Å². The summed E-state index contributed by atoms with van der Waals surface area (Å²) < 4.78 is 15.2. The number of rotatable bonds is 2. The van der Waals surface area contributed by atoms with E-state index in [4.69, 9.17) is 14.2 Å². The molecule has 0 aromatic carbocycles. The fourth-order valence-corrected chi connectivity index (χ4v) is 1.60. The molecule has 5 heteroatoms. The zero-order valence-corrected chi connectivity index (χ0v) is 8.01. The van der Waals surface area contributed by atoms with Gasteiger partial charge in [-0.1, -0.05) is 0 Å². The van der Waals surface area contributed by atoms with Gasteiger partial charge < -0.3 is 24.4 Å². The molecule has 0 spiro atoms. The van der Waals surface area contributed by atoms with Crippen LogP contribution in [-0.2, 0) is 14.2 Å². The Morgan fingerprint density at radius 1 is 1.08 bits per heavy atom. The first-order valence-corrected chi connectivity index (χ1v) is 4.19. The Balaban J connectivity index is 2.71. The largest absolute Gasteiger partial charge is 0.385 e. The molecule has 0 radical (unpaired) electrons. The van der Waals surface area contributed by atoms with E-state index < -0.39 is 18.5 Å². The van der Waals surface area contributed by atoms with E-state index in [0.717, 1.165) is 0 Å².